The van der Waals surface area contributed by atoms with E-state index in [9.17, 15) is 0 Å². The van der Waals surface area contributed by atoms with Crippen molar-refractivity contribution in [3.05, 3.63) is 42.0 Å². The number of aromatic amines is 1. The van der Waals surface area contributed by atoms with E-state index >= 15 is 0 Å². The zero-order valence-electron chi connectivity index (χ0n) is 7.07. The van der Waals surface area contributed by atoms with Gasteiger partial charge in [0.2, 0.25) is 0 Å². The molecule has 0 saturated heterocycles. The summed E-state index contributed by atoms with van der Waals surface area (Å²) in [6.45, 7) is 0. The van der Waals surface area contributed by atoms with Crippen molar-refractivity contribution in [3.63, 3.8) is 0 Å². The van der Waals surface area contributed by atoms with Crippen LogP contribution < -0.4 is 5.73 Å². The molecule has 3 N–H and O–H groups in total. The van der Waals surface area contributed by atoms with E-state index in [4.69, 9.17) is 5.73 Å². The van der Waals surface area contributed by atoms with Gasteiger partial charge >= 0.3 is 0 Å². The highest BCUT2D eigenvalue weighted by Crippen LogP contribution is 2.06. The number of H-pyrrole nitrogens is 1. The van der Waals surface area contributed by atoms with Crippen molar-refractivity contribution >= 4 is 5.95 Å². The van der Waals surface area contributed by atoms with E-state index in [1.165, 1.54) is 0 Å². The summed E-state index contributed by atoms with van der Waals surface area (Å²) in [6, 6.07) is 3.93. The van der Waals surface area contributed by atoms with E-state index in [-0.39, 0.29) is 0 Å². The third-order valence-corrected chi connectivity index (χ3v) is 1.77. The molecule has 0 aromatic carbocycles. The maximum atomic E-state index is 5.45. The predicted molar refractivity (Wildman–Crippen MR) is 50.0 cm³/mol. The van der Waals surface area contributed by atoms with Gasteiger partial charge in [-0.2, -0.15) is 0 Å². The Hall–Kier alpha value is -1.84. The number of anilines is 1. The number of rotatable bonds is 2. The normalized spacial score (nSPS) is 10.2. The molecule has 0 atom stereocenters. The molecule has 4 nitrogen and oxygen atoms in total. The number of imidazole rings is 1. The number of aromatic nitrogens is 3. The van der Waals surface area contributed by atoms with Gasteiger partial charge in [-0.1, -0.05) is 6.07 Å². The quantitative estimate of drug-likeness (QED) is 0.713. The molecular formula is C9H10N4. The van der Waals surface area contributed by atoms with Crippen molar-refractivity contribution in [2.75, 3.05) is 5.73 Å². The molecule has 2 heterocycles. The Kier molecular flexibility index (Phi) is 1.96. The van der Waals surface area contributed by atoms with E-state index in [0.717, 1.165) is 17.7 Å². The summed E-state index contributed by atoms with van der Waals surface area (Å²) in [4.78, 5) is 10.9. The van der Waals surface area contributed by atoms with Crippen LogP contribution in [0.3, 0.4) is 0 Å². The largest absolute Gasteiger partial charge is 0.369 e. The lowest BCUT2D eigenvalue weighted by Crippen LogP contribution is -1.90. The molecule has 0 amide bonds. The van der Waals surface area contributed by atoms with Crippen molar-refractivity contribution in [1.82, 2.24) is 15.0 Å². The van der Waals surface area contributed by atoms with E-state index in [1.807, 2.05) is 18.3 Å². The highest BCUT2D eigenvalue weighted by molar-refractivity contribution is 5.23. The maximum Gasteiger partial charge on any atom is 0.197 e. The van der Waals surface area contributed by atoms with Crippen molar-refractivity contribution in [3.8, 4) is 0 Å². The molecule has 2 aromatic rings. The SMILES string of the molecule is Nc1ncc(Cc2cccnc2)[nH]1. The summed E-state index contributed by atoms with van der Waals surface area (Å²) in [5.41, 5.74) is 7.60. The molecule has 0 radical (unpaired) electrons. The van der Waals surface area contributed by atoms with E-state index in [0.29, 0.717) is 5.95 Å². The number of nitrogens with two attached hydrogens (primary N) is 1. The van der Waals surface area contributed by atoms with Crippen LogP contribution in [-0.4, -0.2) is 15.0 Å². The van der Waals surface area contributed by atoms with Crippen LogP contribution in [0.5, 0.6) is 0 Å². The Morgan fingerprint density at radius 2 is 2.31 bits per heavy atom. The smallest absolute Gasteiger partial charge is 0.197 e. The van der Waals surface area contributed by atoms with E-state index < -0.39 is 0 Å². The number of nitrogen functional groups attached to an aromatic ring is 1. The fourth-order valence-corrected chi connectivity index (χ4v) is 1.19. The second-order valence-electron chi connectivity index (χ2n) is 2.83. The van der Waals surface area contributed by atoms with Gasteiger partial charge in [0, 0.05) is 24.5 Å². The monoisotopic (exact) mass is 174 g/mol. The standard InChI is InChI=1S/C9H10N4/c10-9-12-6-8(13-9)4-7-2-1-3-11-5-7/h1-3,5-6H,4H2,(H3,10,12,13). The molecule has 0 aliphatic carbocycles. The van der Waals surface area contributed by atoms with Crippen molar-refractivity contribution in [2.24, 2.45) is 0 Å². The van der Waals surface area contributed by atoms with Crippen LogP contribution in [0.1, 0.15) is 11.3 Å². The van der Waals surface area contributed by atoms with Gasteiger partial charge in [-0.15, -0.1) is 0 Å². The molecular weight excluding hydrogens is 164 g/mol. The van der Waals surface area contributed by atoms with Crippen LogP contribution in [0.4, 0.5) is 5.95 Å². The Morgan fingerprint density at radius 1 is 1.38 bits per heavy atom. The molecule has 2 aromatic heterocycles. The number of hydrogen-bond donors (Lipinski definition) is 2. The van der Waals surface area contributed by atoms with Crippen molar-refractivity contribution < 1.29 is 0 Å². The first-order chi connectivity index (χ1) is 6.34. The molecule has 0 unspecified atom stereocenters. The molecule has 0 aliphatic heterocycles. The van der Waals surface area contributed by atoms with Gasteiger partial charge in [0.15, 0.2) is 5.95 Å². The molecule has 0 saturated carbocycles. The van der Waals surface area contributed by atoms with Crippen LogP contribution in [0.15, 0.2) is 30.7 Å². The fraction of sp³-hybridized carbons (Fsp3) is 0.111. The zero-order valence-corrected chi connectivity index (χ0v) is 7.07. The van der Waals surface area contributed by atoms with Crippen LogP contribution in [0, 0.1) is 0 Å². The van der Waals surface area contributed by atoms with Crippen LogP contribution >= 0.6 is 0 Å². The zero-order chi connectivity index (χ0) is 9.10. The second-order valence-corrected chi connectivity index (χ2v) is 2.83. The fourth-order valence-electron chi connectivity index (χ4n) is 1.19. The van der Waals surface area contributed by atoms with Gasteiger partial charge in [0.1, 0.15) is 0 Å². The van der Waals surface area contributed by atoms with Crippen molar-refractivity contribution in [1.29, 1.82) is 0 Å². The summed E-state index contributed by atoms with van der Waals surface area (Å²) in [6.07, 6.45) is 6.11. The first-order valence-electron chi connectivity index (χ1n) is 4.03. The Morgan fingerprint density at radius 3 is 2.92 bits per heavy atom. The number of pyridine rings is 1. The molecule has 0 spiro atoms. The summed E-state index contributed by atoms with van der Waals surface area (Å²) < 4.78 is 0. The summed E-state index contributed by atoms with van der Waals surface area (Å²) in [7, 11) is 0. The van der Waals surface area contributed by atoms with Gasteiger partial charge in [-0.25, -0.2) is 4.98 Å². The lowest BCUT2D eigenvalue weighted by atomic mass is 10.2. The first kappa shape index (κ1) is 7.79. The third kappa shape index (κ3) is 1.84. The van der Waals surface area contributed by atoms with Gasteiger partial charge in [-0.3, -0.25) is 4.98 Å². The van der Waals surface area contributed by atoms with Gasteiger partial charge in [0.05, 0.1) is 6.20 Å². The highest BCUT2D eigenvalue weighted by atomic mass is 15.0. The Balaban J connectivity index is 2.15. The maximum absolute atomic E-state index is 5.45. The average Bonchev–Trinajstić information content (AvgIpc) is 2.53. The summed E-state index contributed by atoms with van der Waals surface area (Å²) >= 11 is 0. The molecule has 4 heteroatoms. The van der Waals surface area contributed by atoms with Gasteiger partial charge in [-0.05, 0) is 11.6 Å². The van der Waals surface area contributed by atoms with E-state index in [1.54, 1.807) is 12.4 Å². The van der Waals surface area contributed by atoms with Gasteiger partial charge < -0.3 is 10.7 Å². The minimum atomic E-state index is 0.457. The van der Waals surface area contributed by atoms with Crippen LogP contribution in [0.2, 0.25) is 0 Å². The topological polar surface area (TPSA) is 67.6 Å². The number of hydrogen-bond acceptors (Lipinski definition) is 3. The van der Waals surface area contributed by atoms with Crippen molar-refractivity contribution in [2.45, 2.75) is 6.42 Å². The number of nitrogens with zero attached hydrogens (tertiary/aromatic N) is 2. The van der Waals surface area contributed by atoms with Crippen LogP contribution in [0.25, 0.3) is 0 Å². The Labute approximate surface area is 75.8 Å². The molecule has 2 rings (SSSR count). The average molecular weight is 174 g/mol. The molecule has 0 aliphatic rings. The lowest BCUT2D eigenvalue weighted by molar-refractivity contribution is 1.09. The minimum absolute atomic E-state index is 0.457. The third-order valence-electron chi connectivity index (χ3n) is 1.77. The summed E-state index contributed by atoms with van der Waals surface area (Å²) in [5, 5.41) is 0. The minimum Gasteiger partial charge on any atom is -0.369 e. The first-order valence-corrected chi connectivity index (χ1v) is 4.03. The second kappa shape index (κ2) is 3.26. The van der Waals surface area contributed by atoms with Gasteiger partial charge in [0.25, 0.3) is 0 Å². The molecule has 13 heavy (non-hydrogen) atoms. The number of nitrogens with one attached hydrogen (secondary N) is 1. The Bertz CT molecular complexity index is 380. The lowest BCUT2D eigenvalue weighted by Gasteiger charge is -1.95. The van der Waals surface area contributed by atoms with Crippen LogP contribution in [-0.2, 0) is 6.42 Å². The van der Waals surface area contributed by atoms with E-state index in [2.05, 4.69) is 15.0 Å². The highest BCUT2D eigenvalue weighted by Gasteiger charge is 1.98. The predicted octanol–water partition coefficient (Wildman–Crippen LogP) is 0.978. The molecule has 0 bridgehead atoms. The molecule has 0 fully saturated rings. The summed E-state index contributed by atoms with van der Waals surface area (Å²) in [5.74, 6) is 0.457. The molecule has 66 valence electrons.